The van der Waals surface area contributed by atoms with Gasteiger partial charge in [0.1, 0.15) is 0 Å². The fourth-order valence-electron chi connectivity index (χ4n) is 1.12. The smallest absolute Gasteiger partial charge is 1.00 e. The molecule has 0 spiro atoms. The Morgan fingerprint density at radius 2 is 1.77 bits per heavy atom. The van der Waals surface area contributed by atoms with Gasteiger partial charge in [-0.25, -0.2) is 0 Å². The zero-order valence-corrected chi connectivity index (χ0v) is 11.3. The number of aryl methyl sites for hydroxylation is 1. The summed E-state index contributed by atoms with van der Waals surface area (Å²) in [7, 11) is 0. The summed E-state index contributed by atoms with van der Waals surface area (Å²) in [6.45, 7) is 6.00. The molecule has 1 rings (SSSR count). The van der Waals surface area contributed by atoms with E-state index in [9.17, 15) is 5.11 Å². The van der Waals surface area contributed by atoms with Crippen molar-refractivity contribution in [3.8, 4) is 5.75 Å². The summed E-state index contributed by atoms with van der Waals surface area (Å²) in [6.07, 6.45) is 0. The van der Waals surface area contributed by atoms with Crippen LogP contribution in [-0.2, 0) is 26.2 Å². The molecule has 0 atom stereocenters. The predicted octanol–water partition coefficient (Wildman–Crippen LogP) is -0.806. The summed E-state index contributed by atoms with van der Waals surface area (Å²) < 4.78 is 0. The molecule has 0 saturated heterocycles. The number of benzene rings is 1. The van der Waals surface area contributed by atoms with E-state index in [1.807, 2.05) is 32.9 Å². The quantitative estimate of drug-likeness (QED) is 0.658. The molecule has 1 aromatic rings. The van der Waals surface area contributed by atoms with Crippen LogP contribution in [0.3, 0.4) is 0 Å². The fourth-order valence-corrected chi connectivity index (χ4v) is 1.12. The van der Waals surface area contributed by atoms with E-state index in [0.29, 0.717) is 5.92 Å². The first-order valence-electron chi connectivity index (χ1n) is 3.89. The second-order valence-corrected chi connectivity index (χ2v) is 3.20. The van der Waals surface area contributed by atoms with Crippen molar-refractivity contribution in [2.24, 2.45) is 0 Å². The maximum atomic E-state index is 11.3. The van der Waals surface area contributed by atoms with Crippen molar-refractivity contribution in [2.75, 3.05) is 0 Å². The molecule has 1 nitrogen and oxygen atoms in total. The van der Waals surface area contributed by atoms with Crippen LogP contribution in [0.1, 0.15) is 30.9 Å². The SMILES string of the molecule is Cc1ccc(C(C)C)c([O-])c1.[Cl-].[Zr+2]. The third-order valence-electron chi connectivity index (χ3n) is 1.79. The first kappa shape index (κ1) is 15.7. The molecule has 0 unspecified atom stereocenters. The van der Waals surface area contributed by atoms with E-state index in [1.54, 1.807) is 6.07 Å². The molecular formula is C10H13ClOZr. The number of rotatable bonds is 1. The van der Waals surface area contributed by atoms with Gasteiger partial charge in [0.05, 0.1) is 0 Å². The van der Waals surface area contributed by atoms with Gasteiger partial charge in [-0.3, -0.25) is 0 Å². The first-order valence-corrected chi connectivity index (χ1v) is 3.89. The van der Waals surface area contributed by atoms with Crippen LogP contribution < -0.4 is 17.5 Å². The van der Waals surface area contributed by atoms with E-state index in [4.69, 9.17) is 0 Å². The average molecular weight is 276 g/mol. The molecule has 0 aliphatic heterocycles. The van der Waals surface area contributed by atoms with Crippen molar-refractivity contribution < 1.29 is 43.7 Å². The third-order valence-corrected chi connectivity index (χ3v) is 1.79. The normalized spacial score (nSPS) is 8.92. The van der Waals surface area contributed by atoms with Crippen molar-refractivity contribution >= 4 is 0 Å². The van der Waals surface area contributed by atoms with Crippen LogP contribution in [0.4, 0.5) is 0 Å². The van der Waals surface area contributed by atoms with Gasteiger partial charge in [-0.2, -0.15) is 0 Å². The molecule has 13 heavy (non-hydrogen) atoms. The monoisotopic (exact) mass is 274 g/mol. The molecule has 0 heterocycles. The fraction of sp³-hybridized carbons (Fsp3) is 0.400. The van der Waals surface area contributed by atoms with E-state index in [0.717, 1.165) is 11.1 Å². The summed E-state index contributed by atoms with van der Waals surface area (Å²) in [5, 5.41) is 11.3. The zero-order chi connectivity index (χ0) is 8.43. The van der Waals surface area contributed by atoms with E-state index in [2.05, 4.69) is 0 Å². The van der Waals surface area contributed by atoms with Gasteiger partial charge in [-0.1, -0.05) is 43.2 Å². The van der Waals surface area contributed by atoms with Crippen LogP contribution in [0.15, 0.2) is 18.2 Å². The maximum absolute atomic E-state index is 11.3. The van der Waals surface area contributed by atoms with E-state index in [-0.39, 0.29) is 44.4 Å². The van der Waals surface area contributed by atoms with Crippen LogP contribution in [0.5, 0.6) is 5.75 Å². The van der Waals surface area contributed by atoms with Crippen molar-refractivity contribution in [1.82, 2.24) is 0 Å². The van der Waals surface area contributed by atoms with E-state index >= 15 is 0 Å². The average Bonchev–Trinajstić information content (AvgIpc) is 1.85. The predicted molar refractivity (Wildman–Crippen MR) is 44.7 cm³/mol. The van der Waals surface area contributed by atoms with Crippen molar-refractivity contribution in [2.45, 2.75) is 26.7 Å². The minimum Gasteiger partial charge on any atom is -1.00 e. The number of halogens is 1. The van der Waals surface area contributed by atoms with Gasteiger partial charge in [0, 0.05) is 0 Å². The molecule has 0 fully saturated rings. The molecule has 0 N–H and O–H groups in total. The first-order chi connectivity index (χ1) is 5.11. The van der Waals surface area contributed by atoms with Gasteiger partial charge in [-0.15, -0.1) is 5.75 Å². The largest absolute Gasteiger partial charge is 2.00 e. The molecule has 0 saturated carbocycles. The summed E-state index contributed by atoms with van der Waals surface area (Å²) in [5.41, 5.74) is 1.95. The van der Waals surface area contributed by atoms with Crippen LogP contribution in [0.25, 0.3) is 0 Å². The minimum absolute atomic E-state index is 0. The standard InChI is InChI=1S/C10H14O.ClH.Zr/c1-7(2)9-5-4-8(3)6-10(9)11;;/h4-7,11H,1-3H3;1H;/q;;+2/p-2. The van der Waals surface area contributed by atoms with Crippen molar-refractivity contribution in [3.05, 3.63) is 29.3 Å². The van der Waals surface area contributed by atoms with Crippen molar-refractivity contribution in [3.63, 3.8) is 0 Å². The Hall–Kier alpha value is 0.193. The second-order valence-electron chi connectivity index (χ2n) is 3.20. The minimum atomic E-state index is 0. The number of hydrogen-bond acceptors (Lipinski definition) is 1. The van der Waals surface area contributed by atoms with Gasteiger partial charge >= 0.3 is 26.2 Å². The topological polar surface area (TPSA) is 23.1 Å². The molecule has 0 aromatic heterocycles. The van der Waals surface area contributed by atoms with Crippen LogP contribution >= 0.6 is 0 Å². The van der Waals surface area contributed by atoms with Gasteiger partial charge < -0.3 is 17.5 Å². The summed E-state index contributed by atoms with van der Waals surface area (Å²) in [5.74, 6) is 0.503. The molecule has 0 amide bonds. The molecule has 0 aliphatic carbocycles. The molecule has 70 valence electrons. The maximum Gasteiger partial charge on any atom is 2.00 e. The third kappa shape index (κ3) is 4.29. The summed E-state index contributed by atoms with van der Waals surface area (Å²) in [4.78, 5) is 0. The van der Waals surface area contributed by atoms with Crippen LogP contribution in [0.2, 0.25) is 0 Å². The Kier molecular flexibility index (Phi) is 7.97. The molecule has 1 aromatic carbocycles. The summed E-state index contributed by atoms with van der Waals surface area (Å²) in [6, 6.07) is 5.59. The van der Waals surface area contributed by atoms with Crippen molar-refractivity contribution in [1.29, 1.82) is 0 Å². The summed E-state index contributed by atoms with van der Waals surface area (Å²) >= 11 is 0. The van der Waals surface area contributed by atoms with Gasteiger partial charge in [-0.05, 0) is 12.8 Å². The Bertz CT molecular complexity index is 261. The van der Waals surface area contributed by atoms with Crippen LogP contribution in [0, 0.1) is 6.92 Å². The number of hydrogen-bond donors (Lipinski definition) is 0. The Labute approximate surface area is 105 Å². The zero-order valence-electron chi connectivity index (χ0n) is 8.10. The van der Waals surface area contributed by atoms with Gasteiger partial charge in [0.25, 0.3) is 0 Å². The van der Waals surface area contributed by atoms with Gasteiger partial charge in [0.2, 0.25) is 0 Å². The molecular weight excluding hydrogens is 263 g/mol. The van der Waals surface area contributed by atoms with E-state index < -0.39 is 0 Å². The van der Waals surface area contributed by atoms with E-state index in [1.165, 1.54) is 0 Å². The Morgan fingerprint density at radius 3 is 2.15 bits per heavy atom. The van der Waals surface area contributed by atoms with Crippen LogP contribution in [-0.4, -0.2) is 0 Å². The second kappa shape index (κ2) is 6.62. The molecule has 0 bridgehead atoms. The molecule has 0 radical (unpaired) electrons. The Balaban J connectivity index is 0. The Morgan fingerprint density at radius 1 is 1.23 bits per heavy atom. The van der Waals surface area contributed by atoms with Gasteiger partial charge in [0.15, 0.2) is 0 Å². The molecule has 3 heteroatoms. The molecule has 0 aliphatic rings.